The van der Waals surface area contributed by atoms with Crippen molar-refractivity contribution in [1.29, 1.82) is 0 Å². The molecule has 0 spiro atoms. The third kappa shape index (κ3) is 11.3. The molecule has 4 nitrogen and oxygen atoms in total. The van der Waals surface area contributed by atoms with Crippen LogP contribution in [0.4, 0.5) is 0 Å². The first kappa shape index (κ1) is 61.8. The van der Waals surface area contributed by atoms with E-state index in [1.165, 1.54) is 11.1 Å². The smallest absolute Gasteiger partial charge is 0.141 e. The molecular weight excluding hydrogens is 1100 g/mol. The highest BCUT2D eigenvalue weighted by Gasteiger charge is 2.50. The predicted octanol–water partition coefficient (Wildman–Crippen LogP) is 19.7. The van der Waals surface area contributed by atoms with Gasteiger partial charge in [-0.05, 0) is 180 Å². The number of hydrogen-bond donors (Lipinski definition) is 1. The molecule has 5 heteroatoms. The Morgan fingerprint density at radius 1 is 0.400 bits per heavy atom. The summed E-state index contributed by atoms with van der Waals surface area (Å²) in [6.07, 6.45) is 6.43. The van der Waals surface area contributed by atoms with Gasteiger partial charge in [0.2, 0.25) is 0 Å². The monoisotopic (exact) mass is 1180 g/mol. The van der Waals surface area contributed by atoms with Gasteiger partial charge in [0, 0.05) is 0 Å². The van der Waals surface area contributed by atoms with Crippen LogP contribution in [0, 0.1) is 30.6 Å². The molecule has 454 valence electrons. The Balaban J connectivity index is 1.13. The molecule has 10 aromatic carbocycles. The van der Waals surface area contributed by atoms with Crippen LogP contribution >= 0.6 is 0 Å². The highest BCUT2D eigenvalue weighted by molar-refractivity contribution is 6.32. The summed E-state index contributed by atoms with van der Waals surface area (Å²) in [6.45, 7) is 22.0. The first-order valence-electron chi connectivity index (χ1n) is 33.2. The molecule has 0 heterocycles. The van der Waals surface area contributed by atoms with Crippen LogP contribution in [0.2, 0.25) is 0 Å². The number of aliphatic hydroxyl groups is 1. The van der Waals surface area contributed by atoms with Gasteiger partial charge < -0.3 is 19.3 Å². The summed E-state index contributed by atoms with van der Waals surface area (Å²) in [4.78, 5) is 0. The van der Waals surface area contributed by atoms with Crippen molar-refractivity contribution in [2.45, 2.75) is 117 Å². The molecule has 0 aromatic heterocycles. The van der Waals surface area contributed by atoms with E-state index >= 15 is 5.11 Å². The van der Waals surface area contributed by atoms with Crippen molar-refractivity contribution >= 4 is 13.3 Å². The lowest BCUT2D eigenvalue weighted by atomic mass is 9.65. The molecule has 12 rings (SSSR count). The van der Waals surface area contributed by atoms with Crippen molar-refractivity contribution in [3.63, 3.8) is 0 Å². The number of ether oxygens (including phenoxy) is 3. The second-order valence-electron chi connectivity index (χ2n) is 26.3. The molecular formula is C85H87BO4. The van der Waals surface area contributed by atoms with Crippen molar-refractivity contribution in [3.8, 4) is 50.6 Å². The Hall–Kier alpha value is -8.38. The Labute approximate surface area is 537 Å². The van der Waals surface area contributed by atoms with Crippen molar-refractivity contribution in [2.24, 2.45) is 23.7 Å². The SMILES string of the molecule is [B]c1ccc(-c2ccc(C)cc2)c(C(O)(c2ccc3c(c2)C(c2ccc(CCC(C)CC)cc2)(c2ccc(OCC(C)CC)cc2)c2ccccc2-3)c2ccc3c(c2)C(c2ccc(OCC(C)CC)cc2)(c2ccc(OCC(C)CC)cc2)c2ccccc2-3)c1. The van der Waals surface area contributed by atoms with E-state index in [9.17, 15) is 0 Å². The number of aryl methyl sites for hydroxylation is 2. The zero-order valence-corrected chi connectivity index (χ0v) is 54.3. The quantitative estimate of drug-likeness (QED) is 0.0484. The van der Waals surface area contributed by atoms with Crippen LogP contribution in [-0.2, 0) is 22.9 Å². The van der Waals surface area contributed by atoms with E-state index in [2.05, 4.69) is 275 Å². The molecule has 6 unspecified atom stereocenters. The average Bonchev–Trinajstić information content (AvgIpc) is 1.51. The summed E-state index contributed by atoms with van der Waals surface area (Å²) in [5, 5.41) is 15.3. The Kier molecular flexibility index (Phi) is 18.0. The van der Waals surface area contributed by atoms with Crippen molar-refractivity contribution in [2.75, 3.05) is 19.8 Å². The van der Waals surface area contributed by atoms with E-state index in [4.69, 9.17) is 22.1 Å². The Morgan fingerprint density at radius 2 is 0.778 bits per heavy atom. The maximum Gasteiger partial charge on any atom is 0.141 e. The molecule has 0 aliphatic heterocycles. The lowest BCUT2D eigenvalue weighted by Crippen LogP contribution is -2.34. The number of benzene rings is 10. The van der Waals surface area contributed by atoms with Gasteiger partial charge in [0.1, 0.15) is 30.7 Å². The summed E-state index contributed by atoms with van der Waals surface area (Å²) >= 11 is 0. The lowest BCUT2D eigenvalue weighted by molar-refractivity contribution is 0.126. The van der Waals surface area contributed by atoms with Crippen molar-refractivity contribution in [3.05, 3.63) is 297 Å². The van der Waals surface area contributed by atoms with Crippen LogP contribution in [0.15, 0.2) is 224 Å². The fourth-order valence-corrected chi connectivity index (χ4v) is 13.9. The van der Waals surface area contributed by atoms with Crippen LogP contribution in [0.5, 0.6) is 17.2 Å². The normalized spacial score (nSPS) is 17.4. The second-order valence-corrected chi connectivity index (χ2v) is 26.3. The molecule has 2 aliphatic rings. The molecule has 90 heavy (non-hydrogen) atoms. The molecule has 1 N–H and O–H groups in total. The van der Waals surface area contributed by atoms with Gasteiger partial charge in [0.15, 0.2) is 0 Å². The van der Waals surface area contributed by atoms with E-state index < -0.39 is 16.4 Å². The van der Waals surface area contributed by atoms with Crippen LogP contribution in [0.3, 0.4) is 0 Å². The maximum absolute atomic E-state index is 15.3. The van der Waals surface area contributed by atoms with E-state index in [1.807, 2.05) is 12.1 Å². The molecule has 6 atom stereocenters. The van der Waals surface area contributed by atoms with Gasteiger partial charge in [0.25, 0.3) is 0 Å². The van der Waals surface area contributed by atoms with E-state index in [0.29, 0.717) is 60.1 Å². The molecule has 0 saturated heterocycles. The molecule has 0 fully saturated rings. The number of rotatable bonds is 24. The zero-order valence-electron chi connectivity index (χ0n) is 54.3. The summed E-state index contributed by atoms with van der Waals surface area (Å²) < 4.78 is 19.4. The third-order valence-corrected chi connectivity index (χ3v) is 20.3. The van der Waals surface area contributed by atoms with Gasteiger partial charge in [-0.2, -0.15) is 0 Å². The largest absolute Gasteiger partial charge is 0.493 e. The van der Waals surface area contributed by atoms with Gasteiger partial charge in [-0.15, -0.1) is 0 Å². The van der Waals surface area contributed by atoms with Crippen LogP contribution < -0.4 is 19.7 Å². The first-order chi connectivity index (χ1) is 43.7. The summed E-state index contributed by atoms with van der Waals surface area (Å²) in [5.74, 6) is 4.44. The molecule has 2 aliphatic carbocycles. The second kappa shape index (κ2) is 26.2. The number of hydrogen-bond acceptors (Lipinski definition) is 4. The minimum absolute atomic E-state index is 0.424. The van der Waals surface area contributed by atoms with Crippen LogP contribution in [-0.4, -0.2) is 32.8 Å². The topological polar surface area (TPSA) is 47.9 Å². The molecule has 0 bridgehead atoms. The molecule has 2 radical (unpaired) electrons. The van der Waals surface area contributed by atoms with Crippen molar-refractivity contribution in [1.82, 2.24) is 0 Å². The maximum atomic E-state index is 15.3. The lowest BCUT2D eigenvalue weighted by Gasteiger charge is -2.38. The highest BCUT2D eigenvalue weighted by atomic mass is 16.5. The first-order valence-corrected chi connectivity index (χ1v) is 33.2. The van der Waals surface area contributed by atoms with E-state index in [-0.39, 0.29) is 0 Å². The van der Waals surface area contributed by atoms with Gasteiger partial charge >= 0.3 is 0 Å². The fraction of sp³-hybridized carbons (Fsp3) is 0.294. The number of fused-ring (bicyclic) bond motifs is 6. The summed E-state index contributed by atoms with van der Waals surface area (Å²) in [7, 11) is 7.06. The van der Waals surface area contributed by atoms with Gasteiger partial charge in [-0.3, -0.25) is 0 Å². The predicted molar refractivity (Wildman–Crippen MR) is 374 cm³/mol. The molecule has 0 saturated carbocycles. The van der Waals surface area contributed by atoms with Gasteiger partial charge in [-0.25, -0.2) is 0 Å². The summed E-state index contributed by atoms with van der Waals surface area (Å²) in [6, 6.07) is 81.7. The standard InChI is InChI=1S/C85H87BO4/c1-10-56(5)22-25-61-26-30-63(31-27-61)83(64-32-41-70(42-33-64)88-53-57(6)11-2)78-20-16-14-18-74(78)76-47-38-67(50-80(76)83)85(87,82-52-69(86)40-49-73(82)62-28-23-60(9)24-29-62)68-39-48-77-75-19-15-17-21-79(75)84(81(77)51-68,65-34-43-71(44-35-65)89-54-58(7)12-3)66-36-45-72(46-37-66)90-55-59(8)13-4/h14-21,23-24,26-52,56-59,87H,10-13,22,25,53-55H2,1-9H3. The highest BCUT2D eigenvalue weighted by Crippen LogP contribution is 2.60. The molecule has 0 amide bonds. The Morgan fingerprint density at radius 3 is 1.19 bits per heavy atom. The fourth-order valence-electron chi connectivity index (χ4n) is 13.9. The average molecular weight is 1180 g/mol. The van der Waals surface area contributed by atoms with E-state index in [1.54, 1.807) is 0 Å². The summed E-state index contributed by atoms with van der Waals surface area (Å²) in [5.41, 5.74) is 17.1. The minimum atomic E-state index is -1.81. The minimum Gasteiger partial charge on any atom is -0.493 e. The Bertz CT molecular complexity index is 3770. The van der Waals surface area contributed by atoms with Gasteiger partial charge in [-0.1, -0.05) is 280 Å². The van der Waals surface area contributed by atoms with Gasteiger partial charge in [0.05, 0.1) is 30.7 Å². The van der Waals surface area contributed by atoms with E-state index in [0.717, 1.165) is 139 Å². The zero-order chi connectivity index (χ0) is 62.7. The van der Waals surface area contributed by atoms with Crippen LogP contribution in [0.25, 0.3) is 33.4 Å². The third-order valence-electron chi connectivity index (χ3n) is 20.3. The van der Waals surface area contributed by atoms with Crippen molar-refractivity contribution < 1.29 is 19.3 Å². The molecule has 10 aromatic rings. The van der Waals surface area contributed by atoms with Crippen LogP contribution in [0.1, 0.15) is 160 Å².